The maximum absolute atomic E-state index is 13.7. The standard InChI is InChI=1S/C15H18BrF2NO3/c1-14(2,3)22-13(20)19-15(6-7-15)8-21-10-5-4-9(16)11(17)12(10)18/h4-5H,6-8H2,1-3H3,(H,19,20). The van der Waals surface area contributed by atoms with Crippen LogP contribution in [0.1, 0.15) is 33.6 Å². The van der Waals surface area contributed by atoms with Crippen molar-refractivity contribution < 1.29 is 23.0 Å². The summed E-state index contributed by atoms with van der Waals surface area (Å²) < 4.78 is 37.7. The first-order valence-corrected chi connectivity index (χ1v) is 7.69. The maximum atomic E-state index is 13.7. The van der Waals surface area contributed by atoms with Crippen molar-refractivity contribution in [1.29, 1.82) is 0 Å². The summed E-state index contributed by atoms with van der Waals surface area (Å²) in [5.41, 5.74) is -1.17. The summed E-state index contributed by atoms with van der Waals surface area (Å²) in [6.45, 7) is 5.36. The minimum Gasteiger partial charge on any atom is -0.488 e. The Labute approximate surface area is 136 Å². The van der Waals surface area contributed by atoms with Crippen LogP contribution in [0, 0.1) is 11.6 Å². The van der Waals surface area contributed by atoms with Gasteiger partial charge in [0.25, 0.3) is 0 Å². The van der Waals surface area contributed by atoms with Crippen molar-refractivity contribution in [2.24, 2.45) is 0 Å². The van der Waals surface area contributed by atoms with Crippen LogP contribution >= 0.6 is 15.9 Å². The first-order chi connectivity index (χ1) is 10.1. The van der Waals surface area contributed by atoms with E-state index in [0.29, 0.717) is 12.8 Å². The molecule has 22 heavy (non-hydrogen) atoms. The molecule has 7 heteroatoms. The summed E-state index contributed by atoms with van der Waals surface area (Å²) in [7, 11) is 0. The van der Waals surface area contributed by atoms with Crippen molar-refractivity contribution in [2.75, 3.05) is 6.61 Å². The topological polar surface area (TPSA) is 47.6 Å². The fraction of sp³-hybridized carbons (Fsp3) is 0.533. The van der Waals surface area contributed by atoms with Crippen molar-refractivity contribution in [1.82, 2.24) is 5.32 Å². The van der Waals surface area contributed by atoms with Gasteiger partial charge in [0, 0.05) is 0 Å². The lowest BCUT2D eigenvalue weighted by molar-refractivity contribution is 0.0476. The molecule has 0 atom stereocenters. The van der Waals surface area contributed by atoms with Crippen molar-refractivity contribution >= 4 is 22.0 Å². The summed E-state index contributed by atoms with van der Waals surface area (Å²) in [6.07, 6.45) is 0.857. The third-order valence-corrected chi connectivity index (χ3v) is 3.74. The van der Waals surface area contributed by atoms with Crippen LogP contribution in [0.25, 0.3) is 0 Å². The van der Waals surface area contributed by atoms with E-state index in [1.165, 1.54) is 12.1 Å². The van der Waals surface area contributed by atoms with Gasteiger partial charge in [-0.3, -0.25) is 0 Å². The summed E-state index contributed by atoms with van der Waals surface area (Å²) in [5, 5.41) is 2.73. The van der Waals surface area contributed by atoms with Crippen LogP contribution in [-0.2, 0) is 4.74 Å². The number of ether oxygens (including phenoxy) is 2. The van der Waals surface area contributed by atoms with Crippen LogP contribution in [0.2, 0.25) is 0 Å². The fourth-order valence-electron chi connectivity index (χ4n) is 1.81. The number of alkyl carbamates (subject to hydrolysis) is 1. The lowest BCUT2D eigenvalue weighted by atomic mass is 10.2. The Kier molecular flexibility index (Phi) is 4.65. The number of amides is 1. The van der Waals surface area contributed by atoms with E-state index >= 15 is 0 Å². The second kappa shape index (κ2) is 6.02. The number of nitrogens with one attached hydrogen (secondary N) is 1. The molecule has 0 radical (unpaired) electrons. The molecule has 0 bridgehead atoms. The van der Waals surface area contributed by atoms with Crippen molar-refractivity contribution in [3.63, 3.8) is 0 Å². The summed E-state index contributed by atoms with van der Waals surface area (Å²) in [6, 6.07) is 2.71. The molecule has 0 spiro atoms. The second-order valence-corrected chi connectivity index (χ2v) is 7.22. The van der Waals surface area contributed by atoms with Gasteiger partial charge in [0.05, 0.1) is 10.0 Å². The van der Waals surface area contributed by atoms with Gasteiger partial charge in [-0.25, -0.2) is 9.18 Å². The lowest BCUT2D eigenvalue weighted by Gasteiger charge is -2.23. The molecule has 2 rings (SSSR count). The molecule has 122 valence electrons. The molecule has 4 nitrogen and oxygen atoms in total. The molecule has 1 amide bonds. The van der Waals surface area contributed by atoms with Crippen LogP contribution < -0.4 is 10.1 Å². The van der Waals surface area contributed by atoms with E-state index in [4.69, 9.17) is 9.47 Å². The minimum absolute atomic E-state index is 0.0327. The monoisotopic (exact) mass is 377 g/mol. The van der Waals surface area contributed by atoms with Crippen LogP contribution in [-0.4, -0.2) is 23.8 Å². The molecule has 1 aromatic rings. The molecule has 1 fully saturated rings. The first-order valence-electron chi connectivity index (χ1n) is 6.89. The van der Waals surface area contributed by atoms with Gasteiger partial charge in [-0.15, -0.1) is 0 Å². The van der Waals surface area contributed by atoms with Crippen molar-refractivity contribution in [2.45, 2.75) is 44.8 Å². The van der Waals surface area contributed by atoms with E-state index in [1.807, 2.05) is 0 Å². The average Bonchev–Trinajstić information content (AvgIpc) is 3.13. The van der Waals surface area contributed by atoms with Gasteiger partial charge in [-0.05, 0) is 61.7 Å². The number of carbonyl (C=O) groups excluding carboxylic acids is 1. The first kappa shape index (κ1) is 17.0. The third kappa shape index (κ3) is 4.32. The fourth-order valence-corrected chi connectivity index (χ4v) is 2.12. The van der Waals surface area contributed by atoms with Gasteiger partial charge < -0.3 is 14.8 Å². The van der Waals surface area contributed by atoms with Crippen LogP contribution in [0.5, 0.6) is 5.75 Å². The number of halogens is 3. The zero-order valence-corrected chi connectivity index (χ0v) is 14.2. The van der Waals surface area contributed by atoms with Crippen LogP contribution in [0.15, 0.2) is 16.6 Å². The highest BCUT2D eigenvalue weighted by Crippen LogP contribution is 2.37. The number of rotatable bonds is 4. The average molecular weight is 378 g/mol. The number of hydrogen-bond donors (Lipinski definition) is 1. The van der Waals surface area contributed by atoms with Crippen molar-refractivity contribution in [3.05, 3.63) is 28.2 Å². The van der Waals surface area contributed by atoms with E-state index in [9.17, 15) is 13.6 Å². The van der Waals surface area contributed by atoms with E-state index in [1.54, 1.807) is 20.8 Å². The highest BCUT2D eigenvalue weighted by atomic mass is 79.9. The van der Waals surface area contributed by atoms with Crippen LogP contribution in [0.3, 0.4) is 0 Å². The molecule has 1 aliphatic rings. The van der Waals surface area contributed by atoms with Gasteiger partial charge in [0.15, 0.2) is 11.6 Å². The molecule has 1 saturated carbocycles. The zero-order valence-electron chi connectivity index (χ0n) is 12.6. The van der Waals surface area contributed by atoms with Gasteiger partial charge >= 0.3 is 6.09 Å². The maximum Gasteiger partial charge on any atom is 0.408 e. The molecular formula is C15H18BrF2NO3. The zero-order chi connectivity index (χ0) is 16.5. The Balaban J connectivity index is 1.94. The Morgan fingerprint density at radius 1 is 1.32 bits per heavy atom. The predicted octanol–water partition coefficient (Wildman–Crippen LogP) is 4.16. The number of hydrogen-bond acceptors (Lipinski definition) is 3. The Morgan fingerprint density at radius 3 is 2.50 bits per heavy atom. The smallest absolute Gasteiger partial charge is 0.408 e. The predicted molar refractivity (Wildman–Crippen MR) is 80.9 cm³/mol. The summed E-state index contributed by atoms with van der Waals surface area (Å²) >= 11 is 2.90. The molecule has 0 saturated heterocycles. The Morgan fingerprint density at radius 2 is 1.95 bits per heavy atom. The normalized spacial score (nSPS) is 16.1. The Hall–Kier alpha value is -1.37. The third-order valence-electron chi connectivity index (χ3n) is 3.12. The van der Waals surface area contributed by atoms with Gasteiger partial charge in [-0.2, -0.15) is 4.39 Å². The highest BCUT2D eigenvalue weighted by Gasteiger charge is 2.46. The van der Waals surface area contributed by atoms with E-state index in [2.05, 4.69) is 21.2 Å². The summed E-state index contributed by atoms with van der Waals surface area (Å²) in [4.78, 5) is 11.8. The van der Waals surface area contributed by atoms with Gasteiger partial charge in [0.1, 0.15) is 12.2 Å². The molecule has 1 N–H and O–H groups in total. The van der Waals surface area contributed by atoms with E-state index < -0.39 is 28.9 Å². The SMILES string of the molecule is CC(C)(C)OC(=O)NC1(COc2ccc(Br)c(F)c2F)CC1. The van der Waals surface area contributed by atoms with Gasteiger partial charge in [-0.1, -0.05) is 0 Å². The molecule has 0 aliphatic heterocycles. The summed E-state index contributed by atoms with van der Waals surface area (Å²) in [5.74, 6) is -2.23. The molecule has 0 unspecified atom stereocenters. The molecule has 1 aromatic carbocycles. The van der Waals surface area contributed by atoms with E-state index in [-0.39, 0.29) is 16.8 Å². The Bertz CT molecular complexity index is 583. The molecule has 0 aromatic heterocycles. The van der Waals surface area contributed by atoms with E-state index in [0.717, 1.165) is 0 Å². The highest BCUT2D eigenvalue weighted by molar-refractivity contribution is 9.10. The quantitative estimate of drug-likeness (QED) is 0.801. The molecular weight excluding hydrogens is 360 g/mol. The number of carbonyl (C=O) groups is 1. The second-order valence-electron chi connectivity index (χ2n) is 6.37. The van der Waals surface area contributed by atoms with Crippen LogP contribution in [0.4, 0.5) is 13.6 Å². The molecule has 0 heterocycles. The lowest BCUT2D eigenvalue weighted by Crippen LogP contribution is -2.44. The largest absolute Gasteiger partial charge is 0.488 e. The molecule has 1 aliphatic carbocycles. The minimum atomic E-state index is -1.05. The number of benzene rings is 1. The van der Waals surface area contributed by atoms with Gasteiger partial charge in [0.2, 0.25) is 5.82 Å². The van der Waals surface area contributed by atoms with Crippen molar-refractivity contribution in [3.8, 4) is 5.75 Å².